The summed E-state index contributed by atoms with van der Waals surface area (Å²) in [5, 5.41) is 3.16. The van der Waals surface area contributed by atoms with Gasteiger partial charge in [-0.3, -0.25) is 14.2 Å². The van der Waals surface area contributed by atoms with Crippen LogP contribution < -0.4 is 10.9 Å². The van der Waals surface area contributed by atoms with Crippen LogP contribution in [0.4, 0.5) is 13.2 Å². The molecule has 1 aromatic heterocycles. The first-order valence-corrected chi connectivity index (χ1v) is 9.84. The molecule has 4 aromatic rings. The fourth-order valence-corrected chi connectivity index (χ4v) is 3.35. The van der Waals surface area contributed by atoms with Gasteiger partial charge in [-0.1, -0.05) is 41.9 Å². The molecule has 1 amide bonds. The Morgan fingerprint density at radius 2 is 1.72 bits per heavy atom. The lowest BCUT2D eigenvalue weighted by Crippen LogP contribution is -2.34. The predicted octanol–water partition coefficient (Wildman–Crippen LogP) is 4.99. The molecule has 0 atom stereocenters. The first kappa shape index (κ1) is 21.6. The number of alkyl halides is 3. The van der Waals surface area contributed by atoms with Gasteiger partial charge in [0.25, 0.3) is 11.5 Å². The van der Waals surface area contributed by atoms with Gasteiger partial charge in [-0.2, -0.15) is 13.2 Å². The van der Waals surface area contributed by atoms with E-state index in [1.54, 1.807) is 48.5 Å². The number of carbonyl (C=O) groups excluding carboxylic acids is 1. The van der Waals surface area contributed by atoms with Gasteiger partial charge >= 0.3 is 6.18 Å². The molecule has 4 rings (SSSR count). The van der Waals surface area contributed by atoms with Crippen molar-refractivity contribution in [1.82, 2.24) is 14.9 Å². The van der Waals surface area contributed by atoms with Crippen LogP contribution in [0.25, 0.3) is 16.7 Å². The molecule has 0 bridgehead atoms. The first-order chi connectivity index (χ1) is 15.2. The highest BCUT2D eigenvalue weighted by atomic mass is 35.5. The Bertz CT molecular complexity index is 1370. The number of nitrogens with one attached hydrogen (secondary N) is 1. The van der Waals surface area contributed by atoms with E-state index in [1.165, 1.54) is 12.1 Å². The summed E-state index contributed by atoms with van der Waals surface area (Å²) in [6, 6.07) is 17.6. The average Bonchev–Trinajstić information content (AvgIpc) is 2.77. The van der Waals surface area contributed by atoms with Crippen molar-refractivity contribution in [2.45, 2.75) is 12.7 Å². The number of rotatable bonds is 4. The molecule has 0 saturated heterocycles. The van der Waals surface area contributed by atoms with Crippen LogP contribution in [0, 0.1) is 0 Å². The highest BCUT2D eigenvalue weighted by Gasteiger charge is 2.31. The summed E-state index contributed by atoms with van der Waals surface area (Å²) in [5.74, 6) is -0.739. The van der Waals surface area contributed by atoms with Crippen molar-refractivity contribution >= 4 is 28.5 Å². The topological polar surface area (TPSA) is 64.0 Å². The van der Waals surface area contributed by atoms with Crippen molar-refractivity contribution in [1.29, 1.82) is 0 Å². The molecule has 0 aliphatic carbocycles. The van der Waals surface area contributed by atoms with Crippen molar-refractivity contribution in [2.24, 2.45) is 0 Å². The molecule has 1 heterocycles. The molecule has 32 heavy (non-hydrogen) atoms. The molecule has 9 heteroatoms. The quantitative estimate of drug-likeness (QED) is 0.469. The molecule has 0 spiro atoms. The number of fused-ring (bicyclic) bond motifs is 1. The second kappa shape index (κ2) is 8.47. The lowest BCUT2D eigenvalue weighted by molar-refractivity contribution is -0.137. The third-order valence-corrected chi connectivity index (χ3v) is 5.03. The predicted molar refractivity (Wildman–Crippen MR) is 115 cm³/mol. The summed E-state index contributed by atoms with van der Waals surface area (Å²) < 4.78 is 40.7. The fourth-order valence-electron chi connectivity index (χ4n) is 3.23. The number of para-hydroxylation sites is 2. The van der Waals surface area contributed by atoms with E-state index < -0.39 is 28.9 Å². The smallest absolute Gasteiger partial charge is 0.346 e. The highest BCUT2D eigenvalue weighted by Crippen LogP contribution is 2.30. The normalized spacial score (nSPS) is 11.5. The van der Waals surface area contributed by atoms with Gasteiger partial charge in [0.15, 0.2) is 5.69 Å². The SMILES string of the molecule is O=C(NCc1ccc(Cl)cc1)c1nc2ccccc2n(-c2cccc(C(F)(F)F)c2)c1=O. The standard InChI is InChI=1S/C23H15ClF3N3O2/c24-16-10-8-14(9-11-16)13-28-21(31)20-22(32)30(19-7-2-1-6-18(19)29-20)17-5-3-4-15(12-17)23(25,26)27/h1-12H,13H2,(H,28,31). The zero-order chi connectivity index (χ0) is 22.9. The molecule has 0 fully saturated rings. The van der Waals surface area contributed by atoms with Crippen LogP contribution in [0.5, 0.6) is 0 Å². The maximum absolute atomic E-state index is 13.2. The van der Waals surface area contributed by atoms with Crippen LogP contribution in [-0.4, -0.2) is 15.5 Å². The molecule has 3 aromatic carbocycles. The third-order valence-electron chi connectivity index (χ3n) is 4.77. The Labute approximate surface area is 185 Å². The van der Waals surface area contributed by atoms with E-state index in [-0.39, 0.29) is 17.7 Å². The second-order valence-corrected chi connectivity index (χ2v) is 7.38. The first-order valence-electron chi connectivity index (χ1n) is 9.46. The van der Waals surface area contributed by atoms with E-state index >= 15 is 0 Å². The Morgan fingerprint density at radius 1 is 1.00 bits per heavy atom. The molecular formula is C23H15ClF3N3O2. The number of hydrogen-bond acceptors (Lipinski definition) is 3. The van der Waals surface area contributed by atoms with Gasteiger partial charge < -0.3 is 5.32 Å². The van der Waals surface area contributed by atoms with Crippen molar-refractivity contribution in [2.75, 3.05) is 0 Å². The van der Waals surface area contributed by atoms with Gasteiger partial charge in [-0.15, -0.1) is 0 Å². The number of halogens is 4. The molecule has 1 N–H and O–H groups in total. The fraction of sp³-hybridized carbons (Fsp3) is 0.0870. The van der Waals surface area contributed by atoms with Gasteiger partial charge in [-0.25, -0.2) is 4.98 Å². The minimum atomic E-state index is -4.58. The molecule has 0 saturated carbocycles. The zero-order valence-corrected chi connectivity index (χ0v) is 17.1. The number of amides is 1. The lowest BCUT2D eigenvalue weighted by atomic mass is 10.1. The van der Waals surface area contributed by atoms with Crippen molar-refractivity contribution in [3.63, 3.8) is 0 Å². The molecular weight excluding hydrogens is 443 g/mol. The summed E-state index contributed by atoms with van der Waals surface area (Å²) in [4.78, 5) is 30.1. The lowest BCUT2D eigenvalue weighted by Gasteiger charge is -2.14. The van der Waals surface area contributed by atoms with Crippen molar-refractivity contribution in [3.8, 4) is 5.69 Å². The second-order valence-electron chi connectivity index (χ2n) is 6.95. The maximum Gasteiger partial charge on any atom is 0.416 e. The summed E-state index contributed by atoms with van der Waals surface area (Å²) in [6.45, 7) is 0.119. The van der Waals surface area contributed by atoms with E-state index in [0.717, 1.165) is 22.3 Å². The molecule has 0 aliphatic rings. The van der Waals surface area contributed by atoms with Gasteiger partial charge in [0.2, 0.25) is 0 Å². The average molecular weight is 458 g/mol. The Hall–Kier alpha value is -3.65. The third kappa shape index (κ3) is 4.36. The van der Waals surface area contributed by atoms with Crippen molar-refractivity contribution in [3.05, 3.63) is 105 Å². The van der Waals surface area contributed by atoms with Crippen LogP contribution in [-0.2, 0) is 12.7 Å². The number of benzene rings is 3. The Balaban J connectivity index is 1.79. The summed E-state index contributed by atoms with van der Waals surface area (Å²) >= 11 is 5.85. The van der Waals surface area contributed by atoms with E-state index in [9.17, 15) is 22.8 Å². The van der Waals surface area contributed by atoms with E-state index in [0.29, 0.717) is 10.5 Å². The number of hydrogen-bond donors (Lipinski definition) is 1. The van der Waals surface area contributed by atoms with Crippen LogP contribution in [0.15, 0.2) is 77.6 Å². The number of nitrogens with zero attached hydrogens (tertiary/aromatic N) is 2. The van der Waals surface area contributed by atoms with E-state index in [1.807, 2.05) is 0 Å². The number of carbonyl (C=O) groups is 1. The molecule has 0 unspecified atom stereocenters. The van der Waals surface area contributed by atoms with Crippen molar-refractivity contribution < 1.29 is 18.0 Å². The van der Waals surface area contributed by atoms with Crippen LogP contribution in [0.1, 0.15) is 21.6 Å². The monoisotopic (exact) mass is 457 g/mol. The summed E-state index contributed by atoms with van der Waals surface area (Å²) in [5.41, 5.74) is -0.840. The molecule has 5 nitrogen and oxygen atoms in total. The molecule has 0 aliphatic heterocycles. The Kier molecular flexibility index (Phi) is 5.71. The summed E-state index contributed by atoms with van der Waals surface area (Å²) in [7, 11) is 0. The minimum absolute atomic E-state index is 0.0184. The van der Waals surface area contributed by atoms with E-state index in [2.05, 4.69) is 10.3 Å². The largest absolute Gasteiger partial charge is 0.416 e. The zero-order valence-electron chi connectivity index (χ0n) is 16.4. The maximum atomic E-state index is 13.2. The number of aromatic nitrogens is 2. The van der Waals surface area contributed by atoms with Gasteiger partial charge in [0.05, 0.1) is 16.6 Å². The molecule has 162 valence electrons. The molecule has 0 radical (unpaired) electrons. The minimum Gasteiger partial charge on any atom is -0.346 e. The highest BCUT2D eigenvalue weighted by molar-refractivity contribution is 6.30. The van der Waals surface area contributed by atoms with E-state index in [4.69, 9.17) is 11.6 Å². The Morgan fingerprint density at radius 3 is 2.44 bits per heavy atom. The van der Waals surface area contributed by atoms with Crippen LogP contribution >= 0.6 is 11.6 Å². The van der Waals surface area contributed by atoms with Gasteiger partial charge in [0, 0.05) is 17.3 Å². The van der Waals surface area contributed by atoms with Crippen LogP contribution in [0.2, 0.25) is 5.02 Å². The van der Waals surface area contributed by atoms with Gasteiger partial charge in [0.1, 0.15) is 0 Å². The summed E-state index contributed by atoms with van der Waals surface area (Å²) in [6.07, 6.45) is -4.58. The van der Waals surface area contributed by atoms with Crippen LogP contribution in [0.3, 0.4) is 0 Å². The van der Waals surface area contributed by atoms with Gasteiger partial charge in [-0.05, 0) is 48.0 Å².